The van der Waals surface area contributed by atoms with Crippen LogP contribution in [0.2, 0.25) is 5.02 Å². The zero-order chi connectivity index (χ0) is 14.9. The molecule has 21 heavy (non-hydrogen) atoms. The SMILES string of the molecule is O=C1NC(=O)C2(CCCCCC2)N1Cc1cccc(Cl)c1. The fourth-order valence-corrected chi connectivity index (χ4v) is 3.66. The zero-order valence-corrected chi connectivity index (χ0v) is 12.7. The normalized spacial score (nSPS) is 21.5. The molecule has 1 aliphatic carbocycles. The number of carbonyl (C=O) groups excluding carboxylic acids is 2. The van der Waals surface area contributed by atoms with E-state index in [1.165, 1.54) is 0 Å². The molecule has 1 spiro atoms. The smallest absolute Gasteiger partial charge is 0.305 e. The highest BCUT2D eigenvalue weighted by Crippen LogP contribution is 2.37. The standard InChI is InChI=1S/C16H19ClN2O2/c17-13-7-5-6-12(10-13)11-19-15(21)18-14(20)16(19)8-3-1-2-4-9-16/h5-7,10H,1-4,8-9,11H2,(H,18,20,21). The van der Waals surface area contributed by atoms with Crippen molar-refractivity contribution in [2.24, 2.45) is 0 Å². The molecule has 5 heteroatoms. The molecule has 0 radical (unpaired) electrons. The quantitative estimate of drug-likeness (QED) is 0.850. The molecule has 1 aliphatic heterocycles. The van der Waals surface area contributed by atoms with E-state index in [0.717, 1.165) is 44.1 Å². The summed E-state index contributed by atoms with van der Waals surface area (Å²) in [5, 5.41) is 3.15. The lowest BCUT2D eigenvalue weighted by Gasteiger charge is -2.34. The number of urea groups is 1. The number of nitrogens with zero attached hydrogens (tertiary/aromatic N) is 1. The fraction of sp³-hybridized carbons (Fsp3) is 0.500. The van der Waals surface area contributed by atoms with Gasteiger partial charge in [-0.25, -0.2) is 4.79 Å². The second kappa shape index (κ2) is 5.68. The average Bonchev–Trinajstić information content (AvgIpc) is 2.64. The molecule has 0 aromatic heterocycles. The summed E-state index contributed by atoms with van der Waals surface area (Å²) >= 11 is 6.01. The Morgan fingerprint density at radius 3 is 2.52 bits per heavy atom. The van der Waals surface area contributed by atoms with Crippen LogP contribution < -0.4 is 5.32 Å². The zero-order valence-electron chi connectivity index (χ0n) is 11.9. The minimum Gasteiger partial charge on any atom is -0.305 e. The fourth-order valence-electron chi connectivity index (χ4n) is 3.45. The van der Waals surface area contributed by atoms with Crippen molar-refractivity contribution >= 4 is 23.5 Å². The van der Waals surface area contributed by atoms with E-state index in [1.54, 1.807) is 4.90 Å². The maximum absolute atomic E-state index is 12.4. The Morgan fingerprint density at radius 2 is 1.86 bits per heavy atom. The minimum absolute atomic E-state index is 0.128. The van der Waals surface area contributed by atoms with Gasteiger partial charge in [0.2, 0.25) is 0 Å². The van der Waals surface area contributed by atoms with Gasteiger partial charge in [0, 0.05) is 11.6 Å². The number of hydrogen-bond acceptors (Lipinski definition) is 2. The molecule has 1 heterocycles. The van der Waals surface area contributed by atoms with E-state index in [0.29, 0.717) is 11.6 Å². The summed E-state index contributed by atoms with van der Waals surface area (Å²) in [7, 11) is 0. The maximum atomic E-state index is 12.4. The van der Waals surface area contributed by atoms with E-state index in [-0.39, 0.29) is 11.9 Å². The van der Waals surface area contributed by atoms with Crippen LogP contribution in [0.4, 0.5) is 4.79 Å². The third-order valence-electron chi connectivity index (χ3n) is 4.57. The molecular formula is C16H19ClN2O2. The van der Waals surface area contributed by atoms with Crippen molar-refractivity contribution in [3.05, 3.63) is 34.9 Å². The Kier molecular flexibility index (Phi) is 3.89. The summed E-state index contributed by atoms with van der Waals surface area (Å²) < 4.78 is 0. The minimum atomic E-state index is -0.657. The van der Waals surface area contributed by atoms with Crippen molar-refractivity contribution in [3.8, 4) is 0 Å². The largest absolute Gasteiger partial charge is 0.325 e. The van der Waals surface area contributed by atoms with Crippen LogP contribution in [0.1, 0.15) is 44.1 Å². The molecule has 3 rings (SSSR count). The molecule has 112 valence electrons. The van der Waals surface area contributed by atoms with Crippen molar-refractivity contribution in [1.82, 2.24) is 10.2 Å². The monoisotopic (exact) mass is 306 g/mol. The summed E-state index contributed by atoms with van der Waals surface area (Å²) in [4.78, 5) is 26.3. The first-order valence-electron chi connectivity index (χ1n) is 7.49. The van der Waals surface area contributed by atoms with Crippen LogP contribution in [0.15, 0.2) is 24.3 Å². The highest BCUT2D eigenvalue weighted by Gasteiger charge is 2.52. The number of amides is 3. The third kappa shape index (κ3) is 2.64. The van der Waals surface area contributed by atoms with Crippen LogP contribution in [-0.4, -0.2) is 22.4 Å². The molecule has 1 aromatic carbocycles. The topological polar surface area (TPSA) is 49.4 Å². The number of halogens is 1. The Bertz CT molecular complexity index is 565. The van der Waals surface area contributed by atoms with E-state index in [9.17, 15) is 9.59 Å². The summed E-state index contributed by atoms with van der Waals surface area (Å²) in [6, 6.07) is 7.19. The van der Waals surface area contributed by atoms with Crippen LogP contribution in [-0.2, 0) is 11.3 Å². The van der Waals surface area contributed by atoms with E-state index < -0.39 is 5.54 Å². The van der Waals surface area contributed by atoms with Gasteiger partial charge in [0.25, 0.3) is 5.91 Å². The molecule has 1 N–H and O–H groups in total. The van der Waals surface area contributed by atoms with Gasteiger partial charge in [-0.1, -0.05) is 49.4 Å². The van der Waals surface area contributed by atoms with Crippen LogP contribution >= 0.6 is 11.6 Å². The Hall–Kier alpha value is -1.55. The van der Waals surface area contributed by atoms with E-state index in [1.807, 2.05) is 24.3 Å². The Labute approximate surface area is 129 Å². The molecule has 1 saturated heterocycles. The average molecular weight is 307 g/mol. The Morgan fingerprint density at radius 1 is 1.14 bits per heavy atom. The molecule has 0 atom stereocenters. The van der Waals surface area contributed by atoms with Gasteiger partial charge < -0.3 is 4.90 Å². The van der Waals surface area contributed by atoms with E-state index in [4.69, 9.17) is 11.6 Å². The van der Waals surface area contributed by atoms with Gasteiger partial charge in [-0.05, 0) is 30.5 Å². The highest BCUT2D eigenvalue weighted by molar-refractivity contribution is 6.30. The molecule has 1 saturated carbocycles. The van der Waals surface area contributed by atoms with Gasteiger partial charge in [0.15, 0.2) is 0 Å². The van der Waals surface area contributed by atoms with Crippen LogP contribution in [0.5, 0.6) is 0 Å². The van der Waals surface area contributed by atoms with E-state index in [2.05, 4.69) is 5.32 Å². The first kappa shape index (κ1) is 14.4. The molecule has 3 amide bonds. The lowest BCUT2D eigenvalue weighted by Crippen LogP contribution is -2.48. The molecule has 2 fully saturated rings. The lowest BCUT2D eigenvalue weighted by atomic mass is 9.88. The molecule has 0 bridgehead atoms. The molecule has 4 nitrogen and oxygen atoms in total. The highest BCUT2D eigenvalue weighted by atomic mass is 35.5. The number of nitrogens with one attached hydrogen (secondary N) is 1. The van der Waals surface area contributed by atoms with Gasteiger partial charge in [-0.3, -0.25) is 10.1 Å². The summed E-state index contributed by atoms with van der Waals surface area (Å²) in [5.41, 5.74) is 0.298. The third-order valence-corrected chi connectivity index (χ3v) is 4.80. The summed E-state index contributed by atoms with van der Waals surface area (Å²) in [6.45, 7) is 0.429. The number of hydrogen-bond donors (Lipinski definition) is 1. The van der Waals surface area contributed by atoms with Crippen LogP contribution in [0.3, 0.4) is 0 Å². The van der Waals surface area contributed by atoms with Crippen molar-refractivity contribution < 1.29 is 9.59 Å². The number of rotatable bonds is 2. The molecule has 0 unspecified atom stereocenters. The van der Waals surface area contributed by atoms with Crippen LogP contribution in [0, 0.1) is 0 Å². The van der Waals surface area contributed by atoms with Crippen molar-refractivity contribution in [3.63, 3.8) is 0 Å². The van der Waals surface area contributed by atoms with E-state index >= 15 is 0 Å². The summed E-state index contributed by atoms with van der Waals surface area (Å²) in [6.07, 6.45) is 5.76. The second-order valence-corrected chi connectivity index (χ2v) is 6.36. The lowest BCUT2D eigenvalue weighted by molar-refractivity contribution is -0.127. The van der Waals surface area contributed by atoms with Gasteiger partial charge in [-0.2, -0.15) is 0 Å². The molecular weight excluding hydrogens is 288 g/mol. The van der Waals surface area contributed by atoms with Crippen molar-refractivity contribution in [1.29, 1.82) is 0 Å². The van der Waals surface area contributed by atoms with Crippen LogP contribution in [0.25, 0.3) is 0 Å². The van der Waals surface area contributed by atoms with Crippen molar-refractivity contribution in [2.75, 3.05) is 0 Å². The van der Waals surface area contributed by atoms with Gasteiger partial charge in [-0.15, -0.1) is 0 Å². The molecule has 2 aliphatic rings. The molecule has 1 aromatic rings. The van der Waals surface area contributed by atoms with Gasteiger partial charge in [0.05, 0.1) is 0 Å². The van der Waals surface area contributed by atoms with Crippen molar-refractivity contribution in [2.45, 2.75) is 50.6 Å². The first-order valence-corrected chi connectivity index (χ1v) is 7.87. The first-order chi connectivity index (χ1) is 10.1. The Balaban J connectivity index is 1.90. The predicted octanol–water partition coefficient (Wildman–Crippen LogP) is 3.48. The number of carbonyl (C=O) groups is 2. The second-order valence-electron chi connectivity index (χ2n) is 5.92. The predicted molar refractivity (Wildman–Crippen MR) is 81.0 cm³/mol. The number of imide groups is 1. The number of benzene rings is 1. The van der Waals surface area contributed by atoms with Gasteiger partial charge >= 0.3 is 6.03 Å². The maximum Gasteiger partial charge on any atom is 0.325 e. The summed E-state index contributed by atoms with van der Waals surface area (Å²) in [5.74, 6) is -0.128. The van der Waals surface area contributed by atoms with Gasteiger partial charge in [0.1, 0.15) is 5.54 Å².